The molecule has 0 heterocycles. The zero-order valence-corrected chi connectivity index (χ0v) is 10.5. The highest BCUT2D eigenvalue weighted by Gasteiger charge is 2.07. The maximum absolute atomic E-state index is 11.0. The molecular weight excluding hydrogens is 188 g/mol. The first kappa shape index (κ1) is 14.2. The summed E-state index contributed by atoms with van der Waals surface area (Å²) < 4.78 is 4.60. The summed E-state index contributed by atoms with van der Waals surface area (Å²) >= 11 is 0. The molecule has 0 saturated carbocycles. The number of ether oxygens (including phenoxy) is 1. The molecule has 2 nitrogen and oxygen atoms in total. The quantitative estimate of drug-likeness (QED) is 0.475. The predicted octanol–water partition coefficient (Wildman–Crippen LogP) is 3.71. The van der Waals surface area contributed by atoms with Crippen molar-refractivity contribution in [2.75, 3.05) is 7.11 Å². The van der Waals surface area contributed by atoms with Crippen LogP contribution < -0.4 is 0 Å². The molecule has 0 rings (SSSR count). The summed E-state index contributed by atoms with van der Waals surface area (Å²) in [4.78, 5) is 11.0. The lowest BCUT2D eigenvalue weighted by Gasteiger charge is -2.14. The van der Waals surface area contributed by atoms with E-state index in [1.807, 2.05) is 6.92 Å². The number of rotatable bonds is 7. The Bertz CT molecular complexity index is 207. The van der Waals surface area contributed by atoms with Crippen molar-refractivity contribution in [1.29, 1.82) is 0 Å². The SMILES string of the molecule is CCCCC(CC)CC(C)=CC(=O)OC. The van der Waals surface area contributed by atoms with Crippen LogP contribution in [-0.2, 0) is 9.53 Å². The first-order chi connectivity index (χ1) is 7.13. The van der Waals surface area contributed by atoms with Gasteiger partial charge >= 0.3 is 5.97 Å². The Labute approximate surface area is 93.7 Å². The Morgan fingerprint density at radius 1 is 1.40 bits per heavy atom. The van der Waals surface area contributed by atoms with Gasteiger partial charge in [0.25, 0.3) is 0 Å². The van der Waals surface area contributed by atoms with Gasteiger partial charge < -0.3 is 4.74 Å². The Kier molecular flexibility index (Phi) is 8.06. The van der Waals surface area contributed by atoms with E-state index in [4.69, 9.17) is 0 Å². The molecule has 0 saturated heterocycles. The third kappa shape index (κ3) is 7.18. The number of unbranched alkanes of at least 4 members (excludes halogenated alkanes) is 1. The second-order valence-electron chi connectivity index (χ2n) is 4.13. The summed E-state index contributed by atoms with van der Waals surface area (Å²) in [5, 5.41) is 0. The van der Waals surface area contributed by atoms with Crippen molar-refractivity contribution in [3.05, 3.63) is 11.6 Å². The van der Waals surface area contributed by atoms with Gasteiger partial charge in [-0.2, -0.15) is 0 Å². The molecular formula is C13H24O2. The Hall–Kier alpha value is -0.790. The number of carbonyl (C=O) groups is 1. The van der Waals surface area contributed by atoms with Crippen molar-refractivity contribution in [1.82, 2.24) is 0 Å². The lowest BCUT2D eigenvalue weighted by molar-refractivity contribution is -0.134. The van der Waals surface area contributed by atoms with Gasteiger partial charge in [-0.15, -0.1) is 0 Å². The number of allylic oxidation sites excluding steroid dienone is 1. The van der Waals surface area contributed by atoms with Gasteiger partial charge in [0.15, 0.2) is 0 Å². The van der Waals surface area contributed by atoms with Gasteiger partial charge in [-0.1, -0.05) is 45.1 Å². The van der Waals surface area contributed by atoms with Crippen LogP contribution in [0, 0.1) is 5.92 Å². The molecule has 2 heteroatoms. The topological polar surface area (TPSA) is 26.3 Å². The fourth-order valence-electron chi connectivity index (χ4n) is 1.72. The highest BCUT2D eigenvalue weighted by Crippen LogP contribution is 2.20. The van der Waals surface area contributed by atoms with Crippen LogP contribution in [0.15, 0.2) is 11.6 Å². The molecule has 0 amide bonds. The van der Waals surface area contributed by atoms with E-state index >= 15 is 0 Å². The Morgan fingerprint density at radius 3 is 2.53 bits per heavy atom. The van der Waals surface area contributed by atoms with Gasteiger partial charge in [0.05, 0.1) is 7.11 Å². The van der Waals surface area contributed by atoms with E-state index in [9.17, 15) is 4.79 Å². The number of hydrogen-bond donors (Lipinski definition) is 0. The number of carbonyl (C=O) groups excluding carboxylic acids is 1. The van der Waals surface area contributed by atoms with Crippen molar-refractivity contribution >= 4 is 5.97 Å². The zero-order valence-electron chi connectivity index (χ0n) is 10.5. The molecule has 15 heavy (non-hydrogen) atoms. The molecule has 1 atom stereocenters. The third-order valence-corrected chi connectivity index (χ3v) is 2.72. The van der Waals surface area contributed by atoms with Gasteiger partial charge in [-0.3, -0.25) is 0 Å². The number of esters is 1. The van der Waals surface area contributed by atoms with Crippen molar-refractivity contribution in [2.24, 2.45) is 5.92 Å². The largest absolute Gasteiger partial charge is 0.466 e. The fourth-order valence-corrected chi connectivity index (χ4v) is 1.72. The fraction of sp³-hybridized carbons (Fsp3) is 0.769. The lowest BCUT2D eigenvalue weighted by Crippen LogP contribution is -2.02. The Balaban J connectivity index is 4.04. The molecule has 0 fully saturated rings. The van der Waals surface area contributed by atoms with Crippen molar-refractivity contribution in [2.45, 2.75) is 52.9 Å². The van der Waals surface area contributed by atoms with Crippen LogP contribution in [0.1, 0.15) is 52.9 Å². The average Bonchev–Trinajstić information content (AvgIpc) is 2.23. The maximum atomic E-state index is 11.0. The minimum Gasteiger partial charge on any atom is -0.466 e. The van der Waals surface area contributed by atoms with Gasteiger partial charge in [-0.25, -0.2) is 4.79 Å². The van der Waals surface area contributed by atoms with E-state index in [2.05, 4.69) is 18.6 Å². The molecule has 0 bridgehead atoms. The standard InChI is InChI=1S/C13H24O2/c1-5-7-8-12(6-2)9-11(3)10-13(14)15-4/h10,12H,5-9H2,1-4H3. The molecule has 0 aromatic carbocycles. The van der Waals surface area contributed by atoms with Crippen molar-refractivity contribution in [3.63, 3.8) is 0 Å². The van der Waals surface area contributed by atoms with E-state index in [1.165, 1.54) is 32.8 Å². The number of methoxy groups -OCH3 is 1. The molecule has 1 unspecified atom stereocenters. The van der Waals surface area contributed by atoms with Gasteiger partial charge in [0, 0.05) is 6.08 Å². The summed E-state index contributed by atoms with van der Waals surface area (Å²) in [6, 6.07) is 0. The second kappa shape index (κ2) is 8.51. The molecule has 0 aliphatic rings. The van der Waals surface area contributed by atoms with Gasteiger partial charge in [-0.05, 0) is 19.3 Å². The van der Waals surface area contributed by atoms with Crippen LogP contribution >= 0.6 is 0 Å². The van der Waals surface area contributed by atoms with Crippen molar-refractivity contribution in [3.8, 4) is 0 Å². The number of hydrogen-bond acceptors (Lipinski definition) is 2. The molecule has 0 aromatic rings. The van der Waals surface area contributed by atoms with Crippen LogP contribution in [-0.4, -0.2) is 13.1 Å². The minimum atomic E-state index is -0.238. The molecule has 0 aliphatic carbocycles. The monoisotopic (exact) mass is 212 g/mol. The highest BCUT2D eigenvalue weighted by atomic mass is 16.5. The third-order valence-electron chi connectivity index (χ3n) is 2.72. The van der Waals surface area contributed by atoms with Gasteiger partial charge in [0.2, 0.25) is 0 Å². The summed E-state index contributed by atoms with van der Waals surface area (Å²) in [7, 11) is 1.42. The average molecular weight is 212 g/mol. The molecule has 0 radical (unpaired) electrons. The van der Waals surface area contributed by atoms with E-state index in [1.54, 1.807) is 6.08 Å². The first-order valence-electron chi connectivity index (χ1n) is 5.89. The minimum absolute atomic E-state index is 0.238. The second-order valence-corrected chi connectivity index (χ2v) is 4.13. The smallest absolute Gasteiger partial charge is 0.330 e. The molecule has 0 aromatic heterocycles. The van der Waals surface area contributed by atoms with Crippen LogP contribution in [0.3, 0.4) is 0 Å². The normalized spacial score (nSPS) is 13.7. The molecule has 88 valence electrons. The summed E-state index contributed by atoms with van der Waals surface area (Å²) in [5.74, 6) is 0.476. The van der Waals surface area contributed by atoms with Crippen LogP contribution in [0.2, 0.25) is 0 Å². The summed E-state index contributed by atoms with van der Waals surface area (Å²) in [6.07, 6.45) is 7.60. The molecule has 0 aliphatic heterocycles. The van der Waals surface area contributed by atoms with E-state index in [0.717, 1.165) is 12.0 Å². The molecule has 0 N–H and O–H groups in total. The maximum Gasteiger partial charge on any atom is 0.330 e. The van der Waals surface area contributed by atoms with E-state index in [-0.39, 0.29) is 5.97 Å². The summed E-state index contributed by atoms with van der Waals surface area (Å²) in [5.41, 5.74) is 1.13. The zero-order chi connectivity index (χ0) is 11.7. The highest BCUT2D eigenvalue weighted by molar-refractivity contribution is 5.82. The van der Waals surface area contributed by atoms with Crippen molar-refractivity contribution < 1.29 is 9.53 Å². The van der Waals surface area contributed by atoms with Crippen LogP contribution in [0.4, 0.5) is 0 Å². The van der Waals surface area contributed by atoms with Crippen LogP contribution in [0.5, 0.6) is 0 Å². The molecule has 0 spiro atoms. The first-order valence-corrected chi connectivity index (χ1v) is 5.89. The van der Waals surface area contributed by atoms with Gasteiger partial charge in [0.1, 0.15) is 0 Å². The summed E-state index contributed by atoms with van der Waals surface area (Å²) in [6.45, 7) is 6.43. The van der Waals surface area contributed by atoms with E-state index < -0.39 is 0 Å². The van der Waals surface area contributed by atoms with E-state index in [0.29, 0.717) is 5.92 Å². The predicted molar refractivity (Wildman–Crippen MR) is 63.7 cm³/mol. The van der Waals surface area contributed by atoms with Crippen LogP contribution in [0.25, 0.3) is 0 Å². The lowest BCUT2D eigenvalue weighted by atomic mass is 9.92. The Morgan fingerprint density at radius 2 is 2.07 bits per heavy atom.